The molecular weight excluding hydrogens is 342 g/mol. The maximum absolute atomic E-state index is 12.6. The lowest BCUT2D eigenvalue weighted by Crippen LogP contribution is -2.46. The van der Waals surface area contributed by atoms with Crippen molar-refractivity contribution in [3.63, 3.8) is 0 Å². The molecule has 1 unspecified atom stereocenters. The van der Waals surface area contributed by atoms with E-state index in [0.29, 0.717) is 22.8 Å². The lowest BCUT2D eigenvalue weighted by Gasteiger charge is -2.18. The summed E-state index contributed by atoms with van der Waals surface area (Å²) in [6.07, 6.45) is 0.535. The predicted molar refractivity (Wildman–Crippen MR) is 95.9 cm³/mol. The van der Waals surface area contributed by atoms with Gasteiger partial charge in [0, 0.05) is 12.1 Å². The molecule has 1 aromatic heterocycles. The Labute approximate surface area is 151 Å². The molecule has 2 aromatic rings. The number of carbonyl (C=O) groups is 2. The summed E-state index contributed by atoms with van der Waals surface area (Å²) in [5.41, 5.74) is 1.30. The summed E-state index contributed by atoms with van der Waals surface area (Å²) in [5, 5.41) is 14.4. The zero-order valence-electron chi connectivity index (χ0n) is 14.7. The fourth-order valence-electron chi connectivity index (χ4n) is 2.41. The number of amides is 2. The molecule has 0 radical (unpaired) electrons. The number of halogens is 1. The van der Waals surface area contributed by atoms with Crippen molar-refractivity contribution in [3.8, 4) is 5.69 Å². The summed E-state index contributed by atoms with van der Waals surface area (Å²) in [7, 11) is 1.54. The third-order valence-electron chi connectivity index (χ3n) is 3.61. The summed E-state index contributed by atoms with van der Waals surface area (Å²) in [4.78, 5) is 25.9. The average molecular weight is 364 g/mol. The number of hydrogen-bond acceptors (Lipinski definition) is 4. The maximum atomic E-state index is 12.6. The minimum atomic E-state index is -0.617. The Balaban J connectivity index is 2.23. The van der Waals surface area contributed by atoms with Crippen molar-refractivity contribution >= 4 is 23.4 Å². The number of nitrogens with one attached hydrogen (secondary N) is 2. The molecule has 0 fully saturated rings. The van der Waals surface area contributed by atoms with Gasteiger partial charge in [0.05, 0.1) is 11.4 Å². The molecule has 0 spiro atoms. The summed E-state index contributed by atoms with van der Waals surface area (Å²) < 4.78 is 0. The van der Waals surface area contributed by atoms with Crippen molar-refractivity contribution in [2.24, 2.45) is 5.92 Å². The second-order valence-corrected chi connectivity index (χ2v) is 6.61. The Morgan fingerprint density at radius 3 is 2.60 bits per heavy atom. The van der Waals surface area contributed by atoms with Gasteiger partial charge in [0.1, 0.15) is 6.04 Å². The van der Waals surface area contributed by atoms with Crippen molar-refractivity contribution < 1.29 is 9.59 Å². The van der Waals surface area contributed by atoms with Crippen LogP contribution in [0.3, 0.4) is 0 Å². The zero-order valence-corrected chi connectivity index (χ0v) is 15.5. The second kappa shape index (κ2) is 8.11. The Hall–Kier alpha value is -2.41. The van der Waals surface area contributed by atoms with E-state index in [9.17, 15) is 9.59 Å². The molecule has 2 amide bonds. The summed E-state index contributed by atoms with van der Waals surface area (Å²) >= 11 is 5.98. The molecule has 0 aliphatic rings. The fourth-order valence-corrected chi connectivity index (χ4v) is 2.59. The first-order valence-corrected chi connectivity index (χ1v) is 8.42. The van der Waals surface area contributed by atoms with E-state index < -0.39 is 11.9 Å². The van der Waals surface area contributed by atoms with Gasteiger partial charge in [0.2, 0.25) is 5.91 Å². The van der Waals surface area contributed by atoms with Gasteiger partial charge in [-0.05, 0) is 37.5 Å². The summed E-state index contributed by atoms with van der Waals surface area (Å²) in [5.74, 6) is -0.409. The van der Waals surface area contributed by atoms with Gasteiger partial charge in [-0.2, -0.15) is 9.90 Å². The highest BCUT2D eigenvalue weighted by atomic mass is 35.5. The molecule has 2 rings (SSSR count). The molecule has 0 bridgehead atoms. The zero-order chi connectivity index (χ0) is 18.6. The lowest BCUT2D eigenvalue weighted by atomic mass is 10.0. The van der Waals surface area contributed by atoms with Gasteiger partial charge in [0.15, 0.2) is 5.69 Å². The third-order valence-corrected chi connectivity index (χ3v) is 3.85. The first kappa shape index (κ1) is 18.9. The third kappa shape index (κ3) is 4.79. The highest BCUT2D eigenvalue weighted by molar-refractivity contribution is 6.30. The first-order valence-electron chi connectivity index (χ1n) is 8.04. The maximum Gasteiger partial charge on any atom is 0.274 e. The van der Waals surface area contributed by atoms with Crippen LogP contribution in [0.5, 0.6) is 0 Å². The van der Waals surface area contributed by atoms with Crippen LogP contribution in [0.1, 0.15) is 36.5 Å². The van der Waals surface area contributed by atoms with Crippen molar-refractivity contribution in [2.45, 2.75) is 33.2 Å². The van der Waals surface area contributed by atoms with Crippen LogP contribution in [0.4, 0.5) is 0 Å². The van der Waals surface area contributed by atoms with Crippen LogP contribution in [-0.2, 0) is 4.79 Å². The highest BCUT2D eigenvalue weighted by Crippen LogP contribution is 2.15. The number of aromatic nitrogens is 3. The van der Waals surface area contributed by atoms with E-state index in [4.69, 9.17) is 11.6 Å². The normalized spacial score (nSPS) is 12.1. The first-order chi connectivity index (χ1) is 11.8. The summed E-state index contributed by atoms with van der Waals surface area (Å²) in [6.45, 7) is 5.67. The van der Waals surface area contributed by atoms with Crippen LogP contribution >= 0.6 is 11.6 Å². The smallest absolute Gasteiger partial charge is 0.274 e. The van der Waals surface area contributed by atoms with Crippen molar-refractivity contribution in [2.75, 3.05) is 7.05 Å². The van der Waals surface area contributed by atoms with Crippen LogP contribution in [-0.4, -0.2) is 39.9 Å². The molecule has 1 heterocycles. The largest absolute Gasteiger partial charge is 0.357 e. The molecule has 0 aliphatic carbocycles. The Morgan fingerprint density at radius 2 is 2.00 bits per heavy atom. The van der Waals surface area contributed by atoms with Gasteiger partial charge in [-0.15, -0.1) is 5.10 Å². The van der Waals surface area contributed by atoms with E-state index in [1.54, 1.807) is 38.2 Å². The number of carbonyl (C=O) groups excluding carboxylic acids is 2. The quantitative estimate of drug-likeness (QED) is 0.822. The van der Waals surface area contributed by atoms with E-state index >= 15 is 0 Å². The molecule has 0 aliphatic heterocycles. The minimum Gasteiger partial charge on any atom is -0.357 e. The number of likely N-dealkylation sites (N-methyl/N-ethyl adjacent to an activating group) is 1. The van der Waals surface area contributed by atoms with E-state index in [2.05, 4.69) is 20.8 Å². The van der Waals surface area contributed by atoms with E-state index in [1.165, 1.54) is 4.80 Å². The molecule has 134 valence electrons. The van der Waals surface area contributed by atoms with E-state index in [1.807, 2.05) is 13.8 Å². The van der Waals surface area contributed by atoms with Gasteiger partial charge >= 0.3 is 0 Å². The topological polar surface area (TPSA) is 88.9 Å². The van der Waals surface area contributed by atoms with Crippen LogP contribution < -0.4 is 10.6 Å². The molecule has 25 heavy (non-hydrogen) atoms. The highest BCUT2D eigenvalue weighted by Gasteiger charge is 2.24. The molecule has 1 atom stereocenters. The number of hydrogen-bond donors (Lipinski definition) is 2. The Kier molecular flexibility index (Phi) is 6.14. The Bertz CT molecular complexity index is 772. The van der Waals surface area contributed by atoms with E-state index in [0.717, 1.165) is 0 Å². The van der Waals surface area contributed by atoms with Crippen LogP contribution in [0, 0.1) is 12.8 Å². The molecule has 0 saturated carbocycles. The number of nitrogens with zero attached hydrogens (tertiary/aromatic N) is 3. The van der Waals surface area contributed by atoms with Crippen LogP contribution in [0.2, 0.25) is 5.02 Å². The predicted octanol–water partition coefficient (Wildman–Crippen LogP) is 2.12. The van der Waals surface area contributed by atoms with Crippen LogP contribution in [0.25, 0.3) is 5.69 Å². The van der Waals surface area contributed by atoms with Crippen LogP contribution in [0.15, 0.2) is 24.3 Å². The van der Waals surface area contributed by atoms with Gasteiger partial charge in [-0.1, -0.05) is 31.5 Å². The lowest BCUT2D eigenvalue weighted by molar-refractivity contribution is -0.122. The summed E-state index contributed by atoms with van der Waals surface area (Å²) in [6, 6.07) is 6.40. The number of benzene rings is 1. The standard InChI is InChI=1S/C17H22ClN5O2/c1-10(2)8-14(16(24)19-4)20-17(25)15-11(3)21-23(22-15)13-7-5-6-12(18)9-13/h5-7,9-10,14H,8H2,1-4H3,(H,19,24)(H,20,25). The van der Waals surface area contributed by atoms with Crippen molar-refractivity contribution in [1.29, 1.82) is 0 Å². The molecule has 2 N–H and O–H groups in total. The number of rotatable bonds is 6. The fraction of sp³-hybridized carbons (Fsp3) is 0.412. The molecule has 0 saturated heterocycles. The van der Waals surface area contributed by atoms with Crippen molar-refractivity contribution in [1.82, 2.24) is 25.6 Å². The average Bonchev–Trinajstić information content (AvgIpc) is 2.95. The molecule has 7 nitrogen and oxygen atoms in total. The van der Waals surface area contributed by atoms with Gasteiger partial charge in [0.25, 0.3) is 5.91 Å². The van der Waals surface area contributed by atoms with Crippen molar-refractivity contribution in [3.05, 3.63) is 40.7 Å². The molecule has 1 aromatic carbocycles. The molecular formula is C17H22ClN5O2. The van der Waals surface area contributed by atoms with Gasteiger partial charge in [-0.3, -0.25) is 9.59 Å². The SMILES string of the molecule is CNC(=O)C(CC(C)C)NC(=O)c1nn(-c2cccc(Cl)c2)nc1C. The minimum absolute atomic E-state index is 0.178. The van der Waals surface area contributed by atoms with E-state index in [-0.39, 0.29) is 17.5 Å². The number of aryl methyl sites for hydroxylation is 1. The molecule has 8 heteroatoms. The van der Waals surface area contributed by atoms with Gasteiger partial charge in [-0.25, -0.2) is 0 Å². The monoisotopic (exact) mass is 363 g/mol. The Morgan fingerprint density at radius 1 is 1.28 bits per heavy atom. The van der Waals surface area contributed by atoms with Gasteiger partial charge < -0.3 is 10.6 Å². The second-order valence-electron chi connectivity index (χ2n) is 6.17.